The van der Waals surface area contributed by atoms with Gasteiger partial charge in [0.2, 0.25) is 5.69 Å². The lowest BCUT2D eigenvalue weighted by molar-refractivity contribution is 1.15. The topological polar surface area (TPSA) is 62.5 Å². The molecule has 3 heterocycles. The fourth-order valence-corrected chi connectivity index (χ4v) is 6.89. The smallest absolute Gasteiger partial charge is 0.263 e. The molecule has 0 N–H and O–H groups in total. The highest BCUT2D eigenvalue weighted by molar-refractivity contribution is 8.00. The number of fused-ring (bicyclic) bond motifs is 5. The van der Waals surface area contributed by atoms with Gasteiger partial charge in [0.05, 0.1) is 29.2 Å². The highest BCUT2D eigenvalue weighted by Crippen LogP contribution is 2.54. The Hall–Kier alpha value is -4.91. The van der Waals surface area contributed by atoms with Crippen molar-refractivity contribution in [3.63, 3.8) is 0 Å². The molecule has 5 nitrogen and oxygen atoms in total. The first kappa shape index (κ1) is 19.4. The first-order chi connectivity index (χ1) is 17.7. The number of aromatic nitrogens is 2. The minimum absolute atomic E-state index is 0.209. The van der Waals surface area contributed by atoms with Gasteiger partial charge >= 0.3 is 0 Å². The second-order valence-corrected chi connectivity index (χ2v) is 9.97. The van der Waals surface area contributed by atoms with Crippen molar-refractivity contribution in [3.05, 3.63) is 100 Å². The van der Waals surface area contributed by atoms with Crippen molar-refractivity contribution in [2.24, 2.45) is 0 Å². The number of benzene rings is 5. The Balaban J connectivity index is 1.74. The first-order valence-corrected chi connectivity index (χ1v) is 12.2. The predicted octanol–water partition coefficient (Wildman–Crippen LogP) is 7.30. The minimum Gasteiger partial charge on any atom is -0.268 e. The summed E-state index contributed by atoms with van der Waals surface area (Å²) in [6.07, 6.45) is 0. The van der Waals surface area contributed by atoms with Crippen LogP contribution >= 0.6 is 11.8 Å². The average Bonchev–Trinajstić information content (AvgIpc) is 2.92. The van der Waals surface area contributed by atoms with Crippen molar-refractivity contribution < 1.29 is 0 Å². The molecular weight excluding hydrogens is 464 g/mol. The van der Waals surface area contributed by atoms with Crippen LogP contribution in [0.5, 0.6) is 0 Å². The summed E-state index contributed by atoms with van der Waals surface area (Å²) in [6.45, 7) is 7.92. The fourth-order valence-electron chi connectivity index (χ4n) is 5.73. The van der Waals surface area contributed by atoms with E-state index in [0.717, 1.165) is 58.9 Å². The highest BCUT2D eigenvalue weighted by atomic mass is 32.2. The number of hydrogen-bond donors (Lipinski definition) is 0. The summed E-state index contributed by atoms with van der Waals surface area (Å²) < 4.78 is 1.65. The number of pyridine rings is 1. The van der Waals surface area contributed by atoms with Gasteiger partial charge in [-0.05, 0) is 46.7 Å². The molecule has 0 amide bonds. The van der Waals surface area contributed by atoms with Crippen molar-refractivity contribution in [1.82, 2.24) is 9.38 Å². The summed E-state index contributed by atoms with van der Waals surface area (Å²) in [4.78, 5) is 24.7. The zero-order valence-electron chi connectivity index (χ0n) is 18.5. The van der Waals surface area contributed by atoms with Gasteiger partial charge in [-0.3, -0.25) is 9.20 Å². The van der Waals surface area contributed by atoms with E-state index >= 15 is 0 Å². The predicted molar refractivity (Wildman–Crippen MR) is 143 cm³/mol. The van der Waals surface area contributed by atoms with Crippen molar-refractivity contribution in [3.8, 4) is 17.2 Å². The monoisotopic (exact) mass is 476 g/mol. The van der Waals surface area contributed by atoms with E-state index in [1.54, 1.807) is 10.5 Å². The Kier molecular flexibility index (Phi) is 3.56. The van der Waals surface area contributed by atoms with Crippen LogP contribution in [-0.2, 0) is 0 Å². The molecule has 1 aliphatic rings. The van der Waals surface area contributed by atoms with Gasteiger partial charge in [0.1, 0.15) is 5.65 Å². The van der Waals surface area contributed by atoms with Crippen LogP contribution in [0.1, 0.15) is 5.56 Å². The van der Waals surface area contributed by atoms with Gasteiger partial charge in [-0.1, -0.05) is 42.5 Å². The number of hydrogen-bond acceptors (Lipinski definition) is 4. The molecule has 8 rings (SSSR count). The van der Waals surface area contributed by atoms with E-state index in [9.17, 15) is 10.1 Å². The summed E-state index contributed by atoms with van der Waals surface area (Å²) in [5, 5.41) is 15.0. The molecule has 0 radical (unpaired) electrons. The van der Waals surface area contributed by atoms with Crippen molar-refractivity contribution >= 4 is 66.4 Å². The lowest BCUT2D eigenvalue weighted by Gasteiger charge is -2.24. The summed E-state index contributed by atoms with van der Waals surface area (Å²) in [7, 11) is 0. The molecule has 164 valence electrons. The lowest BCUT2D eigenvalue weighted by Crippen LogP contribution is -2.17. The summed E-state index contributed by atoms with van der Waals surface area (Å²) >= 11 is 1.52. The van der Waals surface area contributed by atoms with Crippen molar-refractivity contribution in [1.29, 1.82) is 5.26 Å². The summed E-state index contributed by atoms with van der Waals surface area (Å²) in [5.74, 6) is 0. The molecule has 5 aromatic carbocycles. The zero-order chi connectivity index (χ0) is 24.1. The van der Waals surface area contributed by atoms with Crippen LogP contribution in [0.25, 0.3) is 65.0 Å². The number of rotatable bonds is 0. The summed E-state index contributed by atoms with van der Waals surface area (Å²) in [6, 6.07) is 25.7. The molecule has 0 aliphatic carbocycles. The van der Waals surface area contributed by atoms with Gasteiger partial charge < -0.3 is 0 Å². The highest BCUT2D eigenvalue weighted by Gasteiger charge is 2.28. The zero-order valence-corrected chi connectivity index (χ0v) is 19.4. The average molecular weight is 477 g/mol. The maximum absolute atomic E-state index is 14.2. The SMILES string of the molecule is [C-]#[N+]c1cc2c(=O)n3c4cccc5cccc(nc3c3cc(C#N)c6c(c1Sc1ccccc1-6)c23)c54. The Morgan fingerprint density at radius 3 is 2.61 bits per heavy atom. The van der Waals surface area contributed by atoms with Gasteiger partial charge in [-0.25, -0.2) is 9.83 Å². The number of nitriles is 1. The van der Waals surface area contributed by atoms with Crippen LogP contribution in [0.15, 0.2) is 87.4 Å². The Labute approximate surface area is 208 Å². The van der Waals surface area contributed by atoms with Crippen molar-refractivity contribution in [2.75, 3.05) is 0 Å². The van der Waals surface area contributed by atoms with Crippen molar-refractivity contribution in [2.45, 2.75) is 9.79 Å². The van der Waals surface area contributed by atoms with E-state index in [1.165, 1.54) is 11.8 Å². The quantitative estimate of drug-likeness (QED) is 0.131. The minimum atomic E-state index is -0.209. The Morgan fingerprint density at radius 1 is 0.944 bits per heavy atom. The van der Waals surface area contributed by atoms with E-state index in [0.29, 0.717) is 22.3 Å². The van der Waals surface area contributed by atoms with E-state index < -0.39 is 0 Å². The van der Waals surface area contributed by atoms with Crippen LogP contribution < -0.4 is 5.56 Å². The third-order valence-corrected chi connectivity index (χ3v) is 8.35. The van der Waals surface area contributed by atoms with Gasteiger partial charge in [0.15, 0.2) is 0 Å². The van der Waals surface area contributed by atoms with Gasteiger partial charge in [0, 0.05) is 36.9 Å². The standard InChI is InChI=1S/C30H12N4OS/c1-32-21-13-19-26-18(12-16(14-31)24-17-8-2-3-11-23(17)36-28(21)27(24)26)29-33-20-9-4-6-15-7-5-10-22(25(15)20)34(29)30(19)35/h2-13H. The molecule has 0 saturated carbocycles. The molecule has 0 unspecified atom stereocenters. The molecule has 0 bridgehead atoms. The molecule has 7 aromatic rings. The largest absolute Gasteiger partial charge is 0.268 e. The van der Waals surface area contributed by atoms with Crippen LogP contribution in [-0.4, -0.2) is 9.38 Å². The Morgan fingerprint density at radius 2 is 1.78 bits per heavy atom. The van der Waals surface area contributed by atoms with Gasteiger partial charge in [-0.15, -0.1) is 11.8 Å². The molecule has 6 heteroatoms. The Bertz CT molecular complexity index is 2280. The molecule has 0 fully saturated rings. The number of nitrogens with zero attached hydrogens (tertiary/aromatic N) is 4. The lowest BCUT2D eigenvalue weighted by atomic mass is 9.89. The fraction of sp³-hybridized carbons (Fsp3) is 0. The summed E-state index contributed by atoms with van der Waals surface area (Å²) in [5.41, 5.74) is 4.53. The molecule has 0 saturated heterocycles. The van der Waals surface area contributed by atoms with Crippen LogP contribution in [0.3, 0.4) is 0 Å². The van der Waals surface area contributed by atoms with E-state index in [1.807, 2.05) is 66.7 Å². The van der Waals surface area contributed by atoms with E-state index in [2.05, 4.69) is 10.9 Å². The van der Waals surface area contributed by atoms with Crippen LogP contribution in [0.4, 0.5) is 5.69 Å². The molecule has 1 aliphatic heterocycles. The molecule has 0 spiro atoms. The van der Waals surface area contributed by atoms with E-state index in [4.69, 9.17) is 11.6 Å². The second-order valence-electron chi connectivity index (χ2n) is 8.92. The van der Waals surface area contributed by atoms with Gasteiger partial charge in [0.25, 0.3) is 5.56 Å². The van der Waals surface area contributed by atoms with Gasteiger partial charge in [-0.2, -0.15) is 5.26 Å². The molecule has 0 atom stereocenters. The maximum atomic E-state index is 14.2. The molecule has 2 aromatic heterocycles. The third-order valence-electron chi connectivity index (χ3n) is 7.16. The van der Waals surface area contributed by atoms with E-state index in [-0.39, 0.29) is 5.56 Å². The second kappa shape index (κ2) is 6.60. The van der Waals surface area contributed by atoms with Crippen LogP contribution in [0, 0.1) is 17.9 Å². The molecular formula is C30H12N4OS. The molecule has 36 heavy (non-hydrogen) atoms. The first-order valence-electron chi connectivity index (χ1n) is 11.4. The normalized spacial score (nSPS) is 12.4. The third kappa shape index (κ3) is 2.20. The van der Waals surface area contributed by atoms with Crippen LogP contribution in [0.2, 0.25) is 0 Å². The maximum Gasteiger partial charge on any atom is 0.263 e.